The second kappa shape index (κ2) is 8.93. The zero-order chi connectivity index (χ0) is 21.9. The van der Waals surface area contributed by atoms with Gasteiger partial charge in [-0.25, -0.2) is 12.7 Å². The number of piperazine rings is 1. The number of nitrogens with zero attached hydrogens (tertiary/aromatic N) is 3. The van der Waals surface area contributed by atoms with E-state index < -0.39 is 10.0 Å². The number of sulfonamides is 1. The van der Waals surface area contributed by atoms with E-state index in [9.17, 15) is 13.2 Å². The van der Waals surface area contributed by atoms with Crippen molar-refractivity contribution in [2.75, 3.05) is 59.4 Å². The number of carbonyl (C=O) groups excluding carboxylic acids is 1. The summed E-state index contributed by atoms with van der Waals surface area (Å²) in [5.74, 6) is 0.822. The average molecular weight is 434 g/mol. The van der Waals surface area contributed by atoms with Crippen molar-refractivity contribution in [3.05, 3.63) is 48.0 Å². The van der Waals surface area contributed by atoms with Gasteiger partial charge in [-0.05, 0) is 42.5 Å². The second-order valence-corrected chi connectivity index (χ2v) is 9.25. The summed E-state index contributed by atoms with van der Waals surface area (Å²) in [5, 5.41) is 0. The third-order valence-electron chi connectivity index (χ3n) is 5.17. The third-order valence-corrected chi connectivity index (χ3v) is 7.01. The van der Waals surface area contributed by atoms with Crippen LogP contribution in [0.1, 0.15) is 10.4 Å². The molecule has 8 nitrogen and oxygen atoms in total. The molecule has 0 bridgehead atoms. The molecule has 0 atom stereocenters. The van der Waals surface area contributed by atoms with Crippen LogP contribution in [0.25, 0.3) is 0 Å². The van der Waals surface area contributed by atoms with E-state index in [-0.39, 0.29) is 16.6 Å². The molecule has 9 heteroatoms. The molecule has 1 amide bonds. The normalized spacial score (nSPS) is 14.7. The first kappa shape index (κ1) is 21.9. The summed E-state index contributed by atoms with van der Waals surface area (Å²) in [6.07, 6.45) is 0. The molecule has 0 radical (unpaired) electrons. The van der Waals surface area contributed by atoms with Crippen molar-refractivity contribution < 1.29 is 22.7 Å². The molecule has 0 saturated carbocycles. The molecule has 0 N–H and O–H groups in total. The van der Waals surface area contributed by atoms with Crippen LogP contribution in [0.5, 0.6) is 11.5 Å². The van der Waals surface area contributed by atoms with Crippen LogP contribution in [0.2, 0.25) is 0 Å². The Hall–Kier alpha value is -2.78. The lowest BCUT2D eigenvalue weighted by atomic mass is 10.1. The fourth-order valence-corrected chi connectivity index (χ4v) is 4.43. The van der Waals surface area contributed by atoms with E-state index in [1.165, 1.54) is 33.3 Å². The van der Waals surface area contributed by atoms with Crippen molar-refractivity contribution in [2.24, 2.45) is 0 Å². The summed E-state index contributed by atoms with van der Waals surface area (Å²) in [7, 11) is 2.19. The van der Waals surface area contributed by atoms with Crippen LogP contribution in [0.15, 0.2) is 47.4 Å². The van der Waals surface area contributed by atoms with Crippen LogP contribution in [0, 0.1) is 0 Å². The van der Waals surface area contributed by atoms with E-state index in [1.807, 2.05) is 24.3 Å². The number of hydrogen-bond acceptors (Lipinski definition) is 6. The van der Waals surface area contributed by atoms with Crippen molar-refractivity contribution in [2.45, 2.75) is 4.90 Å². The van der Waals surface area contributed by atoms with Gasteiger partial charge in [-0.3, -0.25) is 4.79 Å². The molecule has 0 unspecified atom stereocenters. The highest BCUT2D eigenvalue weighted by molar-refractivity contribution is 7.89. The largest absolute Gasteiger partial charge is 0.497 e. The molecule has 1 heterocycles. The van der Waals surface area contributed by atoms with Crippen molar-refractivity contribution in [1.29, 1.82) is 0 Å². The monoisotopic (exact) mass is 433 g/mol. The average Bonchev–Trinajstić information content (AvgIpc) is 2.78. The van der Waals surface area contributed by atoms with Gasteiger partial charge in [0.05, 0.1) is 14.2 Å². The Kier molecular flexibility index (Phi) is 6.52. The van der Waals surface area contributed by atoms with Gasteiger partial charge in [0.1, 0.15) is 16.4 Å². The fraction of sp³-hybridized carbons (Fsp3) is 0.381. The van der Waals surface area contributed by atoms with Crippen LogP contribution in [0.4, 0.5) is 5.69 Å². The Labute approximate surface area is 177 Å². The van der Waals surface area contributed by atoms with E-state index in [1.54, 1.807) is 18.1 Å². The number of benzene rings is 2. The van der Waals surface area contributed by atoms with Crippen LogP contribution >= 0.6 is 0 Å². The zero-order valence-corrected chi connectivity index (χ0v) is 18.5. The maximum atomic E-state index is 13.0. The molecule has 0 aliphatic carbocycles. The molecule has 3 rings (SSSR count). The van der Waals surface area contributed by atoms with Crippen molar-refractivity contribution >= 4 is 21.6 Å². The van der Waals surface area contributed by atoms with Gasteiger partial charge in [-0.1, -0.05) is 0 Å². The van der Waals surface area contributed by atoms with Crippen LogP contribution in [-0.2, 0) is 10.0 Å². The van der Waals surface area contributed by atoms with Gasteiger partial charge in [0.15, 0.2) is 0 Å². The highest BCUT2D eigenvalue weighted by Crippen LogP contribution is 2.28. The molecule has 2 aromatic carbocycles. The van der Waals surface area contributed by atoms with E-state index in [4.69, 9.17) is 9.47 Å². The molecular weight excluding hydrogens is 406 g/mol. The van der Waals surface area contributed by atoms with E-state index in [0.717, 1.165) is 15.7 Å². The quantitative estimate of drug-likeness (QED) is 0.693. The van der Waals surface area contributed by atoms with Crippen molar-refractivity contribution in [3.8, 4) is 11.5 Å². The number of carbonyl (C=O) groups is 1. The first-order valence-electron chi connectivity index (χ1n) is 9.56. The van der Waals surface area contributed by atoms with Gasteiger partial charge in [0.2, 0.25) is 10.0 Å². The van der Waals surface area contributed by atoms with Crippen molar-refractivity contribution in [1.82, 2.24) is 9.21 Å². The minimum atomic E-state index is -3.74. The number of anilines is 1. The van der Waals surface area contributed by atoms with Gasteiger partial charge in [0.25, 0.3) is 5.91 Å². The van der Waals surface area contributed by atoms with Crippen LogP contribution < -0.4 is 14.4 Å². The van der Waals surface area contributed by atoms with Crippen molar-refractivity contribution in [3.63, 3.8) is 0 Å². The standard InChI is InChI=1S/C21H27N3O5S/c1-22(2)30(26,27)20-15-16(5-10-19(20)29-4)21(25)24-13-11-23(12-14-24)17-6-8-18(28-3)9-7-17/h5-10,15H,11-14H2,1-4H3. The van der Waals surface area contributed by atoms with Gasteiger partial charge in [-0.15, -0.1) is 0 Å². The topological polar surface area (TPSA) is 79.4 Å². The Morgan fingerprint density at radius 3 is 2.10 bits per heavy atom. The molecule has 1 aliphatic rings. The predicted molar refractivity (Wildman–Crippen MR) is 115 cm³/mol. The van der Waals surface area contributed by atoms with E-state index in [0.29, 0.717) is 31.7 Å². The Balaban J connectivity index is 1.74. The Morgan fingerprint density at radius 1 is 0.933 bits per heavy atom. The molecule has 0 spiro atoms. The summed E-state index contributed by atoms with van der Waals surface area (Å²) in [4.78, 5) is 17.0. The van der Waals surface area contributed by atoms with Gasteiger partial charge in [0, 0.05) is 51.5 Å². The summed E-state index contributed by atoms with van der Waals surface area (Å²) >= 11 is 0. The summed E-state index contributed by atoms with van der Waals surface area (Å²) < 4.78 is 36.7. The zero-order valence-electron chi connectivity index (χ0n) is 17.7. The van der Waals surface area contributed by atoms with Gasteiger partial charge < -0.3 is 19.3 Å². The summed E-state index contributed by atoms with van der Waals surface area (Å²) in [6, 6.07) is 12.3. The maximum Gasteiger partial charge on any atom is 0.254 e. The van der Waals surface area contributed by atoms with Crippen LogP contribution in [-0.4, -0.2) is 78.0 Å². The lowest BCUT2D eigenvalue weighted by Gasteiger charge is -2.36. The minimum absolute atomic E-state index is 0.0160. The molecule has 1 fully saturated rings. The lowest BCUT2D eigenvalue weighted by Crippen LogP contribution is -2.48. The molecular formula is C21H27N3O5S. The number of rotatable bonds is 6. The molecule has 162 valence electrons. The number of methoxy groups -OCH3 is 2. The molecule has 1 saturated heterocycles. The smallest absolute Gasteiger partial charge is 0.254 e. The first-order valence-corrected chi connectivity index (χ1v) is 11.0. The predicted octanol–water partition coefficient (Wildman–Crippen LogP) is 1.92. The third kappa shape index (κ3) is 4.36. The molecule has 0 aromatic heterocycles. The van der Waals surface area contributed by atoms with Gasteiger partial charge in [-0.2, -0.15) is 0 Å². The SMILES string of the molecule is COc1ccc(N2CCN(C(=O)c3ccc(OC)c(S(=O)(=O)N(C)C)c3)CC2)cc1. The second-order valence-electron chi connectivity index (χ2n) is 7.13. The molecule has 1 aliphatic heterocycles. The minimum Gasteiger partial charge on any atom is -0.497 e. The number of hydrogen-bond donors (Lipinski definition) is 0. The fourth-order valence-electron chi connectivity index (χ4n) is 3.35. The van der Waals surface area contributed by atoms with Gasteiger partial charge >= 0.3 is 0 Å². The molecule has 30 heavy (non-hydrogen) atoms. The lowest BCUT2D eigenvalue weighted by molar-refractivity contribution is 0.0746. The number of ether oxygens (including phenoxy) is 2. The Bertz CT molecular complexity index is 998. The van der Waals surface area contributed by atoms with E-state index >= 15 is 0 Å². The Morgan fingerprint density at radius 2 is 1.57 bits per heavy atom. The maximum absolute atomic E-state index is 13.0. The molecule has 2 aromatic rings. The van der Waals surface area contributed by atoms with Crippen LogP contribution in [0.3, 0.4) is 0 Å². The summed E-state index contributed by atoms with van der Waals surface area (Å²) in [5.41, 5.74) is 1.40. The first-order chi connectivity index (χ1) is 14.3. The summed E-state index contributed by atoms with van der Waals surface area (Å²) in [6.45, 7) is 2.48. The van der Waals surface area contributed by atoms with E-state index in [2.05, 4.69) is 4.90 Å². The highest BCUT2D eigenvalue weighted by atomic mass is 32.2. The highest BCUT2D eigenvalue weighted by Gasteiger charge is 2.27. The number of amides is 1.